The summed E-state index contributed by atoms with van der Waals surface area (Å²) in [5, 5.41) is 0.203. The van der Waals surface area contributed by atoms with Gasteiger partial charge < -0.3 is 13.9 Å². The Morgan fingerprint density at radius 2 is 1.97 bits per heavy atom. The minimum Gasteiger partial charge on any atom is -0.471 e. The van der Waals surface area contributed by atoms with Crippen molar-refractivity contribution in [2.75, 3.05) is 25.6 Å². The number of imide groups is 1. The van der Waals surface area contributed by atoms with Crippen LogP contribution in [0.3, 0.4) is 0 Å². The Labute approximate surface area is 182 Å². The van der Waals surface area contributed by atoms with E-state index in [-0.39, 0.29) is 42.1 Å². The van der Waals surface area contributed by atoms with Crippen molar-refractivity contribution < 1.29 is 19.1 Å². The Bertz CT molecular complexity index is 1210. The molecule has 0 atom stereocenters. The number of carbonyl (C=O) groups is 2. The summed E-state index contributed by atoms with van der Waals surface area (Å²) in [4.78, 5) is 39.9. The van der Waals surface area contributed by atoms with Crippen molar-refractivity contribution in [1.82, 2.24) is 24.3 Å². The number of likely N-dealkylation sites (N-methyl/N-ethyl adjacent to an activating group) is 1. The van der Waals surface area contributed by atoms with Crippen LogP contribution in [-0.4, -0.2) is 56.9 Å². The number of fused-ring (bicyclic) bond motifs is 1. The van der Waals surface area contributed by atoms with Crippen molar-refractivity contribution >= 4 is 34.9 Å². The molecule has 2 aliphatic rings. The summed E-state index contributed by atoms with van der Waals surface area (Å²) in [5.74, 6) is 0.478. The number of ether oxygens (including phenoxy) is 2. The van der Waals surface area contributed by atoms with E-state index in [2.05, 4.69) is 15.0 Å². The van der Waals surface area contributed by atoms with E-state index in [9.17, 15) is 9.59 Å². The molecule has 31 heavy (non-hydrogen) atoms. The first kappa shape index (κ1) is 19.6. The number of urea groups is 1. The van der Waals surface area contributed by atoms with E-state index >= 15 is 0 Å². The maximum atomic E-state index is 12.6. The van der Waals surface area contributed by atoms with Gasteiger partial charge in [-0.15, -0.1) is 0 Å². The van der Waals surface area contributed by atoms with Gasteiger partial charge in [-0.25, -0.2) is 9.78 Å². The molecule has 10 nitrogen and oxygen atoms in total. The minimum atomic E-state index is -0.358. The minimum absolute atomic E-state index is 0.00294. The van der Waals surface area contributed by atoms with Crippen LogP contribution in [0, 0.1) is 0 Å². The molecule has 0 bridgehead atoms. The van der Waals surface area contributed by atoms with Gasteiger partial charge in [0.05, 0.1) is 18.5 Å². The molecule has 1 aliphatic heterocycles. The zero-order valence-corrected chi connectivity index (χ0v) is 17.7. The van der Waals surface area contributed by atoms with Crippen LogP contribution in [0.2, 0.25) is 5.15 Å². The Morgan fingerprint density at radius 3 is 2.65 bits per heavy atom. The molecule has 0 radical (unpaired) electrons. The maximum absolute atomic E-state index is 12.6. The number of hydrogen-bond acceptors (Lipinski definition) is 7. The lowest BCUT2D eigenvalue weighted by atomic mass is 10.1. The number of carbonyl (C=O) groups excluding carboxylic acids is 2. The smallest absolute Gasteiger partial charge is 0.331 e. The second-order valence-corrected chi connectivity index (χ2v) is 7.91. The largest absolute Gasteiger partial charge is 0.471 e. The molecule has 11 heteroatoms. The summed E-state index contributed by atoms with van der Waals surface area (Å²) < 4.78 is 12.6. The van der Waals surface area contributed by atoms with E-state index in [0.717, 1.165) is 23.3 Å². The molecule has 5 rings (SSSR count). The Balaban J connectivity index is 1.48. The van der Waals surface area contributed by atoms with Gasteiger partial charge >= 0.3 is 12.0 Å². The summed E-state index contributed by atoms with van der Waals surface area (Å²) in [5.41, 5.74) is 2.95. The number of amides is 3. The summed E-state index contributed by atoms with van der Waals surface area (Å²) >= 11 is 5.96. The fourth-order valence-electron chi connectivity index (χ4n) is 3.54. The van der Waals surface area contributed by atoms with Crippen molar-refractivity contribution in [2.24, 2.45) is 0 Å². The summed E-state index contributed by atoms with van der Waals surface area (Å²) in [7, 11) is 2.93. The molecule has 1 aliphatic carbocycles. The molecular formula is C20H19ClN6O4. The third kappa shape index (κ3) is 3.63. The van der Waals surface area contributed by atoms with Gasteiger partial charge in [-0.3, -0.25) is 14.6 Å². The Morgan fingerprint density at radius 1 is 1.16 bits per heavy atom. The monoisotopic (exact) mass is 442 g/mol. The van der Waals surface area contributed by atoms with Crippen molar-refractivity contribution in [2.45, 2.75) is 25.4 Å². The van der Waals surface area contributed by atoms with Crippen molar-refractivity contribution in [3.63, 3.8) is 0 Å². The van der Waals surface area contributed by atoms with Gasteiger partial charge in [0.25, 0.3) is 0 Å². The number of imidazole rings is 1. The first-order chi connectivity index (χ1) is 14.9. The first-order valence-corrected chi connectivity index (χ1v) is 10.1. The third-order valence-electron chi connectivity index (χ3n) is 5.33. The molecule has 2 fully saturated rings. The zero-order valence-electron chi connectivity index (χ0n) is 16.9. The molecule has 1 saturated carbocycles. The maximum Gasteiger partial charge on any atom is 0.331 e. The summed E-state index contributed by atoms with van der Waals surface area (Å²) in [6, 6.07) is 3.20. The van der Waals surface area contributed by atoms with Gasteiger partial charge in [0.15, 0.2) is 5.65 Å². The Kier molecular flexibility index (Phi) is 4.66. The molecule has 3 amide bonds. The predicted octanol–water partition coefficient (Wildman–Crippen LogP) is 2.64. The van der Waals surface area contributed by atoms with Gasteiger partial charge in [-0.2, -0.15) is 9.97 Å². The third-order valence-corrected chi connectivity index (χ3v) is 5.52. The predicted molar refractivity (Wildman–Crippen MR) is 111 cm³/mol. The van der Waals surface area contributed by atoms with E-state index in [1.807, 2.05) is 22.9 Å². The number of hydrogen-bond donors (Lipinski definition) is 0. The highest BCUT2D eigenvalue weighted by molar-refractivity contribution is 6.29. The van der Waals surface area contributed by atoms with Gasteiger partial charge in [0, 0.05) is 25.5 Å². The fraction of sp³-hybridized carbons (Fsp3) is 0.350. The normalized spacial score (nSPS) is 16.5. The lowest BCUT2D eigenvalue weighted by Crippen LogP contribution is -2.30. The van der Waals surface area contributed by atoms with E-state index in [1.165, 1.54) is 25.1 Å². The quantitative estimate of drug-likeness (QED) is 0.427. The second-order valence-electron chi connectivity index (χ2n) is 7.52. The lowest BCUT2D eigenvalue weighted by molar-refractivity contribution is -0.123. The average molecular weight is 443 g/mol. The van der Waals surface area contributed by atoms with Crippen LogP contribution in [0.15, 0.2) is 24.5 Å². The summed E-state index contributed by atoms with van der Waals surface area (Å²) in [6.07, 6.45) is 6.08. The molecule has 4 heterocycles. The molecular weight excluding hydrogens is 424 g/mol. The standard InChI is InChI=1S/C20H19ClN6O4/c1-25-17(28)9-27(20(25)29)14-5-12(11-3-4-11)7-26-8-13(22-18(14)26)10-31-16-6-15(21)23-19(24-16)30-2/h5-8,11H,3-4,9-10H2,1-2H3. The molecule has 0 N–H and O–H groups in total. The number of rotatable bonds is 6. The van der Waals surface area contributed by atoms with E-state index in [4.69, 9.17) is 21.1 Å². The number of methoxy groups -OCH3 is 1. The first-order valence-electron chi connectivity index (χ1n) is 9.74. The highest BCUT2D eigenvalue weighted by Gasteiger charge is 2.36. The van der Waals surface area contributed by atoms with Crippen LogP contribution in [0.1, 0.15) is 30.0 Å². The number of anilines is 1. The SMILES string of the molecule is COc1nc(Cl)cc(OCc2cn3cc(C4CC4)cc(N4CC(=O)N(C)C4=O)c3n2)n1. The van der Waals surface area contributed by atoms with Gasteiger partial charge in [0.2, 0.25) is 11.8 Å². The van der Waals surface area contributed by atoms with Crippen LogP contribution in [0.5, 0.6) is 11.9 Å². The Hall–Kier alpha value is -3.40. The highest BCUT2D eigenvalue weighted by Crippen LogP contribution is 2.42. The van der Waals surface area contributed by atoms with Crippen molar-refractivity contribution in [3.8, 4) is 11.9 Å². The van der Waals surface area contributed by atoms with E-state index in [0.29, 0.717) is 22.9 Å². The fourth-order valence-corrected chi connectivity index (χ4v) is 3.70. The highest BCUT2D eigenvalue weighted by atomic mass is 35.5. The van der Waals surface area contributed by atoms with Crippen LogP contribution >= 0.6 is 11.6 Å². The van der Waals surface area contributed by atoms with E-state index in [1.54, 1.807) is 0 Å². The van der Waals surface area contributed by atoms with Crippen molar-refractivity contribution in [3.05, 3.63) is 40.9 Å². The number of halogens is 1. The molecule has 0 unspecified atom stereocenters. The van der Waals surface area contributed by atoms with Gasteiger partial charge in [0.1, 0.15) is 18.3 Å². The summed E-state index contributed by atoms with van der Waals surface area (Å²) in [6.45, 7) is 0.125. The molecule has 0 aromatic carbocycles. The molecule has 1 saturated heterocycles. The second kappa shape index (κ2) is 7.38. The van der Waals surface area contributed by atoms with Crippen LogP contribution in [0.25, 0.3) is 5.65 Å². The lowest BCUT2D eigenvalue weighted by Gasteiger charge is -2.17. The average Bonchev–Trinajstić information content (AvgIpc) is 3.47. The van der Waals surface area contributed by atoms with Crippen LogP contribution in [0.4, 0.5) is 10.5 Å². The molecule has 160 valence electrons. The number of aromatic nitrogens is 4. The topological polar surface area (TPSA) is 102 Å². The molecule has 3 aromatic rings. The molecule has 3 aromatic heterocycles. The number of nitrogens with zero attached hydrogens (tertiary/aromatic N) is 6. The van der Waals surface area contributed by atoms with Crippen molar-refractivity contribution in [1.29, 1.82) is 0 Å². The van der Waals surface area contributed by atoms with E-state index < -0.39 is 0 Å². The van der Waals surface area contributed by atoms with Gasteiger partial charge in [-0.1, -0.05) is 11.6 Å². The number of pyridine rings is 1. The van der Waals surface area contributed by atoms with Gasteiger partial charge in [-0.05, 0) is 30.4 Å². The van der Waals surface area contributed by atoms with Crippen LogP contribution in [-0.2, 0) is 11.4 Å². The zero-order chi connectivity index (χ0) is 21.7. The molecule has 0 spiro atoms. The van der Waals surface area contributed by atoms with Crippen LogP contribution < -0.4 is 14.4 Å².